The van der Waals surface area contributed by atoms with Crippen LogP contribution in [0.2, 0.25) is 0 Å². The molecule has 1 aliphatic rings. The van der Waals surface area contributed by atoms with Crippen molar-refractivity contribution in [3.05, 3.63) is 40.7 Å². The molecule has 2 aromatic rings. The van der Waals surface area contributed by atoms with Gasteiger partial charge in [-0.3, -0.25) is 9.89 Å². The van der Waals surface area contributed by atoms with Gasteiger partial charge >= 0.3 is 0 Å². The number of hydrogen-bond donors (Lipinski definition) is 1. The average molecular weight is 313 g/mol. The Morgan fingerprint density at radius 3 is 2.91 bits per heavy atom. The van der Waals surface area contributed by atoms with Crippen LogP contribution in [0.3, 0.4) is 0 Å². The fourth-order valence-electron chi connectivity index (χ4n) is 3.24. The Kier molecular flexibility index (Phi) is 4.41. The highest BCUT2D eigenvalue weighted by atomic mass is 16.2. The molecule has 0 aliphatic carbocycles. The molecule has 23 heavy (non-hydrogen) atoms. The van der Waals surface area contributed by atoms with E-state index in [1.54, 1.807) is 6.20 Å². The summed E-state index contributed by atoms with van der Waals surface area (Å²) in [7, 11) is 0. The van der Waals surface area contributed by atoms with E-state index >= 15 is 0 Å². The Bertz CT molecular complexity index is 689. The number of rotatable bonds is 3. The number of aryl methyl sites for hydroxylation is 3. The maximum atomic E-state index is 12.7. The normalized spacial score (nSPS) is 18.2. The summed E-state index contributed by atoms with van der Waals surface area (Å²) >= 11 is 0. The number of likely N-dealkylation sites (tertiary alicyclic amines) is 1. The summed E-state index contributed by atoms with van der Waals surface area (Å²) in [5, 5.41) is 7.12. The van der Waals surface area contributed by atoms with Crippen LogP contribution in [0.25, 0.3) is 0 Å². The lowest BCUT2D eigenvalue weighted by atomic mass is 9.94. The summed E-state index contributed by atoms with van der Waals surface area (Å²) in [5.41, 5.74) is 3.97. The largest absolute Gasteiger partial charge is 0.342 e. The zero-order valence-electron chi connectivity index (χ0n) is 14.0. The standard InChI is InChI=1S/C17H23N5O/c1-11-15(12(2)21-20-11)9-17(23)22-8-4-5-14(10-22)16-6-7-18-13(3)19-16/h6-7,14H,4-5,8-10H2,1-3H3,(H,20,21)/t14-/m0/s1. The van der Waals surface area contributed by atoms with Crippen LogP contribution in [0.15, 0.2) is 12.3 Å². The SMILES string of the molecule is Cc1nccc([C@H]2CCCN(C(=O)Cc3c(C)n[nH]c3C)C2)n1. The highest BCUT2D eigenvalue weighted by molar-refractivity contribution is 5.79. The predicted molar refractivity (Wildman–Crippen MR) is 87.1 cm³/mol. The van der Waals surface area contributed by atoms with Crippen molar-refractivity contribution >= 4 is 5.91 Å². The molecular formula is C17H23N5O. The minimum Gasteiger partial charge on any atom is -0.342 e. The van der Waals surface area contributed by atoms with E-state index in [9.17, 15) is 4.79 Å². The van der Waals surface area contributed by atoms with Gasteiger partial charge in [-0.25, -0.2) is 9.97 Å². The van der Waals surface area contributed by atoms with Gasteiger partial charge in [-0.2, -0.15) is 5.10 Å². The fourth-order valence-corrected chi connectivity index (χ4v) is 3.24. The first-order valence-corrected chi connectivity index (χ1v) is 8.12. The molecule has 1 amide bonds. The van der Waals surface area contributed by atoms with E-state index in [0.717, 1.165) is 54.4 Å². The number of amides is 1. The molecule has 0 aromatic carbocycles. The molecule has 2 aromatic heterocycles. The highest BCUT2D eigenvalue weighted by Gasteiger charge is 2.26. The molecule has 3 heterocycles. The summed E-state index contributed by atoms with van der Waals surface area (Å²) < 4.78 is 0. The maximum absolute atomic E-state index is 12.7. The number of carbonyl (C=O) groups is 1. The Morgan fingerprint density at radius 1 is 1.39 bits per heavy atom. The van der Waals surface area contributed by atoms with Crippen molar-refractivity contribution in [2.75, 3.05) is 13.1 Å². The molecule has 0 unspecified atom stereocenters. The lowest BCUT2D eigenvalue weighted by molar-refractivity contribution is -0.131. The van der Waals surface area contributed by atoms with Crippen LogP contribution in [-0.4, -0.2) is 44.1 Å². The number of H-pyrrole nitrogens is 1. The van der Waals surface area contributed by atoms with Crippen LogP contribution in [0.5, 0.6) is 0 Å². The van der Waals surface area contributed by atoms with E-state index in [2.05, 4.69) is 20.2 Å². The van der Waals surface area contributed by atoms with Gasteiger partial charge in [-0.05, 0) is 39.7 Å². The van der Waals surface area contributed by atoms with Crippen LogP contribution < -0.4 is 0 Å². The van der Waals surface area contributed by atoms with Crippen LogP contribution in [0.1, 0.15) is 47.2 Å². The number of nitrogens with zero attached hydrogens (tertiary/aromatic N) is 4. The van der Waals surface area contributed by atoms with Gasteiger partial charge in [0.15, 0.2) is 0 Å². The van der Waals surface area contributed by atoms with Gasteiger partial charge in [-0.1, -0.05) is 0 Å². The molecular weight excluding hydrogens is 290 g/mol. The van der Waals surface area contributed by atoms with Gasteiger partial charge in [-0.15, -0.1) is 0 Å². The molecule has 0 saturated carbocycles. The fraction of sp³-hybridized carbons (Fsp3) is 0.529. The van der Waals surface area contributed by atoms with E-state index in [-0.39, 0.29) is 5.91 Å². The molecule has 1 aliphatic heterocycles. The summed E-state index contributed by atoms with van der Waals surface area (Å²) in [6, 6.07) is 1.97. The summed E-state index contributed by atoms with van der Waals surface area (Å²) in [6.07, 6.45) is 4.31. The second-order valence-electron chi connectivity index (χ2n) is 6.30. The summed E-state index contributed by atoms with van der Waals surface area (Å²) in [4.78, 5) is 23.3. The molecule has 0 bridgehead atoms. The van der Waals surface area contributed by atoms with Gasteiger partial charge in [0, 0.05) is 42.2 Å². The molecule has 0 spiro atoms. The molecule has 122 valence electrons. The van der Waals surface area contributed by atoms with Crippen molar-refractivity contribution in [2.45, 2.75) is 46.0 Å². The topological polar surface area (TPSA) is 74.8 Å². The third kappa shape index (κ3) is 3.41. The smallest absolute Gasteiger partial charge is 0.227 e. The van der Waals surface area contributed by atoms with Crippen LogP contribution in [0, 0.1) is 20.8 Å². The van der Waals surface area contributed by atoms with Crippen LogP contribution in [0.4, 0.5) is 0 Å². The summed E-state index contributed by atoms with van der Waals surface area (Å²) in [5.74, 6) is 1.27. The van der Waals surface area contributed by atoms with Gasteiger partial charge < -0.3 is 4.90 Å². The number of carbonyl (C=O) groups excluding carboxylic acids is 1. The molecule has 1 saturated heterocycles. The highest BCUT2D eigenvalue weighted by Crippen LogP contribution is 2.26. The third-order valence-electron chi connectivity index (χ3n) is 4.60. The molecule has 1 N–H and O–H groups in total. The van der Waals surface area contributed by atoms with Gasteiger partial charge in [0.1, 0.15) is 5.82 Å². The monoisotopic (exact) mass is 313 g/mol. The maximum Gasteiger partial charge on any atom is 0.227 e. The Morgan fingerprint density at radius 2 is 2.22 bits per heavy atom. The van der Waals surface area contributed by atoms with Crippen molar-refractivity contribution in [3.63, 3.8) is 0 Å². The van der Waals surface area contributed by atoms with Crippen molar-refractivity contribution in [3.8, 4) is 0 Å². The molecule has 0 radical (unpaired) electrons. The van der Waals surface area contributed by atoms with Crippen molar-refractivity contribution in [1.29, 1.82) is 0 Å². The number of piperidine rings is 1. The van der Waals surface area contributed by atoms with E-state index in [1.807, 2.05) is 31.7 Å². The van der Waals surface area contributed by atoms with E-state index in [4.69, 9.17) is 0 Å². The lowest BCUT2D eigenvalue weighted by Crippen LogP contribution is -2.40. The van der Waals surface area contributed by atoms with E-state index in [1.165, 1.54) is 0 Å². The second-order valence-corrected chi connectivity index (χ2v) is 6.30. The number of aromatic amines is 1. The first kappa shape index (κ1) is 15.6. The van der Waals surface area contributed by atoms with Gasteiger partial charge in [0.2, 0.25) is 5.91 Å². The lowest BCUT2D eigenvalue weighted by Gasteiger charge is -2.32. The van der Waals surface area contributed by atoms with Crippen molar-refractivity contribution in [2.24, 2.45) is 0 Å². The Balaban J connectivity index is 1.70. The molecule has 1 fully saturated rings. The second kappa shape index (κ2) is 6.48. The zero-order chi connectivity index (χ0) is 16.4. The predicted octanol–water partition coefficient (Wildman–Crippen LogP) is 2.07. The first-order chi connectivity index (χ1) is 11.0. The number of nitrogens with one attached hydrogen (secondary N) is 1. The number of aromatic nitrogens is 4. The van der Waals surface area contributed by atoms with E-state index in [0.29, 0.717) is 12.3 Å². The molecule has 1 atom stereocenters. The molecule has 6 heteroatoms. The minimum atomic E-state index is 0.174. The third-order valence-corrected chi connectivity index (χ3v) is 4.60. The van der Waals surface area contributed by atoms with Crippen LogP contribution >= 0.6 is 0 Å². The minimum absolute atomic E-state index is 0.174. The van der Waals surface area contributed by atoms with Crippen molar-refractivity contribution < 1.29 is 4.79 Å². The first-order valence-electron chi connectivity index (χ1n) is 8.12. The molecule has 3 rings (SSSR count). The van der Waals surface area contributed by atoms with Gasteiger partial charge in [0.25, 0.3) is 0 Å². The van der Waals surface area contributed by atoms with Crippen LogP contribution in [-0.2, 0) is 11.2 Å². The Labute approximate surface area is 136 Å². The number of hydrogen-bond acceptors (Lipinski definition) is 4. The quantitative estimate of drug-likeness (QED) is 0.941. The zero-order valence-corrected chi connectivity index (χ0v) is 14.0. The average Bonchev–Trinajstić information content (AvgIpc) is 2.87. The van der Waals surface area contributed by atoms with Gasteiger partial charge in [0.05, 0.1) is 12.1 Å². The Hall–Kier alpha value is -2.24. The van der Waals surface area contributed by atoms with E-state index < -0.39 is 0 Å². The molecule has 6 nitrogen and oxygen atoms in total. The summed E-state index contributed by atoms with van der Waals surface area (Å²) in [6.45, 7) is 7.38. The van der Waals surface area contributed by atoms with Crippen molar-refractivity contribution in [1.82, 2.24) is 25.1 Å².